The van der Waals surface area contributed by atoms with Gasteiger partial charge >= 0.3 is 0 Å². The van der Waals surface area contributed by atoms with Crippen LogP contribution in [0, 0.1) is 5.82 Å². The smallest absolute Gasteiger partial charge is 0.191 e. The van der Waals surface area contributed by atoms with E-state index in [0.29, 0.717) is 24.8 Å². The minimum Gasteiger partial charge on any atom is -0.486 e. The van der Waals surface area contributed by atoms with Crippen LogP contribution < -0.4 is 15.4 Å². The van der Waals surface area contributed by atoms with Gasteiger partial charge in [0.25, 0.3) is 0 Å². The molecule has 1 aromatic heterocycles. The lowest BCUT2D eigenvalue weighted by atomic mass is 10.3. The van der Waals surface area contributed by atoms with Gasteiger partial charge in [-0.1, -0.05) is 24.2 Å². The summed E-state index contributed by atoms with van der Waals surface area (Å²) in [6.07, 6.45) is 0.605. The first-order valence-electron chi connectivity index (χ1n) is 8.50. The summed E-state index contributed by atoms with van der Waals surface area (Å²) in [5, 5.41) is 10.3. The van der Waals surface area contributed by atoms with E-state index in [0.717, 1.165) is 18.7 Å². The first kappa shape index (κ1) is 22.2. The molecule has 0 aliphatic carbocycles. The van der Waals surface area contributed by atoms with E-state index >= 15 is 0 Å². The van der Waals surface area contributed by atoms with Gasteiger partial charge < -0.3 is 19.9 Å². The van der Waals surface area contributed by atoms with Gasteiger partial charge in [-0.15, -0.1) is 24.0 Å². The van der Waals surface area contributed by atoms with E-state index in [-0.39, 0.29) is 41.6 Å². The van der Waals surface area contributed by atoms with Crippen molar-refractivity contribution >= 4 is 29.9 Å². The lowest BCUT2D eigenvalue weighted by Gasteiger charge is -2.17. The molecule has 0 aliphatic rings. The van der Waals surface area contributed by atoms with Crippen LogP contribution in [-0.4, -0.2) is 30.3 Å². The molecule has 26 heavy (non-hydrogen) atoms. The normalized spacial score (nSPS) is 12.2. The fourth-order valence-corrected chi connectivity index (χ4v) is 2.13. The first-order valence-corrected chi connectivity index (χ1v) is 8.50. The predicted octanol–water partition coefficient (Wildman–Crippen LogP) is 3.52. The van der Waals surface area contributed by atoms with E-state index in [1.165, 1.54) is 6.07 Å². The molecule has 0 fully saturated rings. The van der Waals surface area contributed by atoms with E-state index in [4.69, 9.17) is 9.26 Å². The Kier molecular flexibility index (Phi) is 10.0. The Balaban J connectivity index is 0.00000338. The van der Waals surface area contributed by atoms with Gasteiger partial charge in [-0.3, -0.25) is 0 Å². The molecule has 8 heteroatoms. The van der Waals surface area contributed by atoms with Crippen LogP contribution in [0.2, 0.25) is 0 Å². The average molecular weight is 476 g/mol. The van der Waals surface area contributed by atoms with E-state index in [2.05, 4.69) is 20.8 Å². The Morgan fingerprint density at radius 2 is 2.08 bits per heavy atom. The zero-order chi connectivity index (χ0) is 18.1. The molecule has 144 valence electrons. The molecule has 0 radical (unpaired) electrons. The summed E-state index contributed by atoms with van der Waals surface area (Å²) in [5.74, 6) is 1.23. The third kappa shape index (κ3) is 7.19. The number of halogens is 2. The number of aliphatic imine (C=N–C) groups is 1. The van der Waals surface area contributed by atoms with Gasteiger partial charge in [-0.25, -0.2) is 9.38 Å². The number of benzene rings is 1. The van der Waals surface area contributed by atoms with Crippen molar-refractivity contribution in [3.05, 3.63) is 47.6 Å². The maximum atomic E-state index is 13.6. The first-order chi connectivity index (χ1) is 12.1. The highest BCUT2D eigenvalue weighted by Crippen LogP contribution is 2.16. The highest BCUT2D eigenvalue weighted by atomic mass is 127. The van der Waals surface area contributed by atoms with Crippen molar-refractivity contribution < 1.29 is 13.7 Å². The Morgan fingerprint density at radius 3 is 2.73 bits per heavy atom. The highest BCUT2D eigenvalue weighted by Gasteiger charge is 2.09. The van der Waals surface area contributed by atoms with Crippen molar-refractivity contribution in [2.24, 2.45) is 4.99 Å². The van der Waals surface area contributed by atoms with Gasteiger partial charge in [0.1, 0.15) is 12.6 Å². The third-order valence-corrected chi connectivity index (χ3v) is 3.43. The quantitative estimate of drug-likeness (QED) is 0.347. The zero-order valence-corrected chi connectivity index (χ0v) is 17.6. The Hall–Kier alpha value is -1.84. The number of hydrogen-bond donors (Lipinski definition) is 2. The SMILES string of the molecule is CCNC(=NCc1cc(CC)no1)NCC(C)Oc1ccccc1F.I. The summed E-state index contributed by atoms with van der Waals surface area (Å²) in [7, 11) is 0. The molecule has 1 atom stereocenters. The second kappa shape index (κ2) is 11.7. The van der Waals surface area contributed by atoms with Crippen LogP contribution in [0.3, 0.4) is 0 Å². The average Bonchev–Trinajstić information content (AvgIpc) is 3.07. The lowest BCUT2D eigenvalue weighted by Crippen LogP contribution is -2.41. The van der Waals surface area contributed by atoms with Crippen LogP contribution in [0.5, 0.6) is 5.75 Å². The van der Waals surface area contributed by atoms with Crippen LogP contribution in [0.15, 0.2) is 39.8 Å². The zero-order valence-electron chi connectivity index (χ0n) is 15.3. The van der Waals surface area contributed by atoms with E-state index in [1.54, 1.807) is 18.2 Å². The number of aryl methyl sites for hydroxylation is 1. The van der Waals surface area contributed by atoms with Gasteiger partial charge in [-0.2, -0.15) is 0 Å². The summed E-state index contributed by atoms with van der Waals surface area (Å²) in [6.45, 7) is 7.48. The van der Waals surface area contributed by atoms with Crippen LogP contribution in [0.1, 0.15) is 32.2 Å². The van der Waals surface area contributed by atoms with Gasteiger partial charge in [0.2, 0.25) is 0 Å². The maximum absolute atomic E-state index is 13.6. The molecule has 1 unspecified atom stereocenters. The molecule has 0 amide bonds. The number of aromatic nitrogens is 1. The fraction of sp³-hybridized carbons (Fsp3) is 0.444. The van der Waals surface area contributed by atoms with E-state index in [9.17, 15) is 4.39 Å². The summed E-state index contributed by atoms with van der Waals surface area (Å²) in [4.78, 5) is 4.46. The number of guanidine groups is 1. The van der Waals surface area contributed by atoms with Gasteiger partial charge in [0.05, 0.1) is 12.2 Å². The topological polar surface area (TPSA) is 71.7 Å². The molecular weight excluding hydrogens is 450 g/mol. The molecule has 2 aromatic rings. The molecule has 2 N–H and O–H groups in total. The van der Waals surface area contributed by atoms with E-state index in [1.807, 2.05) is 26.8 Å². The van der Waals surface area contributed by atoms with Crippen LogP contribution in [0.25, 0.3) is 0 Å². The molecule has 0 aliphatic heterocycles. The Morgan fingerprint density at radius 1 is 1.31 bits per heavy atom. The largest absolute Gasteiger partial charge is 0.486 e. The van der Waals surface area contributed by atoms with E-state index < -0.39 is 0 Å². The molecular formula is C18H26FIN4O2. The highest BCUT2D eigenvalue weighted by molar-refractivity contribution is 14.0. The lowest BCUT2D eigenvalue weighted by molar-refractivity contribution is 0.214. The molecule has 0 saturated carbocycles. The number of hydrogen-bond acceptors (Lipinski definition) is 4. The fourth-order valence-electron chi connectivity index (χ4n) is 2.13. The van der Waals surface area contributed by atoms with Crippen molar-refractivity contribution in [1.82, 2.24) is 15.8 Å². The predicted molar refractivity (Wildman–Crippen MR) is 111 cm³/mol. The standard InChI is InChI=1S/C18H25FN4O2.HI/c1-4-14-10-15(25-23-14)12-22-18(20-5-2)21-11-13(3)24-17-9-7-6-8-16(17)19;/h6-10,13H,4-5,11-12H2,1-3H3,(H2,20,21,22);1H. The molecule has 1 aromatic carbocycles. The minimum absolute atomic E-state index is 0. The third-order valence-electron chi connectivity index (χ3n) is 3.43. The van der Waals surface area contributed by atoms with Gasteiger partial charge in [0.15, 0.2) is 23.3 Å². The number of nitrogens with zero attached hydrogens (tertiary/aromatic N) is 2. The number of ether oxygens (including phenoxy) is 1. The number of nitrogens with one attached hydrogen (secondary N) is 2. The second-order valence-electron chi connectivity index (χ2n) is 5.57. The van der Waals surface area contributed by atoms with Crippen molar-refractivity contribution in [3.8, 4) is 5.75 Å². The van der Waals surface area contributed by atoms with Crippen molar-refractivity contribution in [3.63, 3.8) is 0 Å². The molecule has 0 spiro atoms. The van der Waals surface area contributed by atoms with Gasteiger partial charge in [-0.05, 0) is 32.4 Å². The summed E-state index contributed by atoms with van der Waals surface area (Å²) < 4.78 is 24.4. The molecule has 6 nitrogen and oxygen atoms in total. The molecule has 1 heterocycles. The molecule has 0 saturated heterocycles. The minimum atomic E-state index is -0.369. The summed E-state index contributed by atoms with van der Waals surface area (Å²) in [5.41, 5.74) is 0.912. The molecule has 2 rings (SSSR count). The number of para-hydroxylation sites is 1. The van der Waals surface area contributed by atoms with Crippen LogP contribution in [0.4, 0.5) is 4.39 Å². The Labute approximate surface area is 170 Å². The monoisotopic (exact) mass is 476 g/mol. The van der Waals surface area contributed by atoms with Crippen molar-refractivity contribution in [2.45, 2.75) is 39.8 Å². The second-order valence-corrected chi connectivity index (χ2v) is 5.57. The van der Waals surface area contributed by atoms with Crippen LogP contribution in [-0.2, 0) is 13.0 Å². The summed E-state index contributed by atoms with van der Waals surface area (Å²) >= 11 is 0. The van der Waals surface area contributed by atoms with Crippen molar-refractivity contribution in [1.29, 1.82) is 0 Å². The Bertz CT molecular complexity index is 693. The molecule has 0 bridgehead atoms. The van der Waals surface area contributed by atoms with Crippen LogP contribution >= 0.6 is 24.0 Å². The van der Waals surface area contributed by atoms with Crippen molar-refractivity contribution in [2.75, 3.05) is 13.1 Å². The number of rotatable bonds is 8. The summed E-state index contributed by atoms with van der Waals surface area (Å²) in [6, 6.07) is 8.26. The van der Waals surface area contributed by atoms with Gasteiger partial charge in [0, 0.05) is 12.6 Å². The maximum Gasteiger partial charge on any atom is 0.191 e.